The van der Waals surface area contributed by atoms with Crippen LogP contribution in [0.5, 0.6) is 0 Å². The molecule has 0 saturated heterocycles. The fourth-order valence-electron chi connectivity index (χ4n) is 1.78. The van der Waals surface area contributed by atoms with Crippen molar-refractivity contribution < 1.29 is 0 Å². The van der Waals surface area contributed by atoms with Crippen LogP contribution in [0.4, 0.5) is 0 Å². The van der Waals surface area contributed by atoms with Gasteiger partial charge in [0.1, 0.15) is 0 Å². The molecule has 0 atom stereocenters. The maximum Gasteiger partial charge on any atom is -0.0165 e. The summed E-state index contributed by atoms with van der Waals surface area (Å²) in [6.07, 6.45) is 9.79. The van der Waals surface area contributed by atoms with Gasteiger partial charge in [0.25, 0.3) is 0 Å². The third kappa shape index (κ3) is 1.50. The van der Waals surface area contributed by atoms with Gasteiger partial charge < -0.3 is 0 Å². The maximum atomic E-state index is 3.81. The molecule has 0 aromatic carbocycles. The van der Waals surface area contributed by atoms with Gasteiger partial charge in [0.05, 0.1) is 0 Å². The molecule has 0 heterocycles. The van der Waals surface area contributed by atoms with E-state index in [4.69, 9.17) is 0 Å². The van der Waals surface area contributed by atoms with E-state index < -0.39 is 0 Å². The normalized spacial score (nSPS) is 21.5. The summed E-state index contributed by atoms with van der Waals surface area (Å²) < 4.78 is 0. The topological polar surface area (TPSA) is 0 Å². The Morgan fingerprint density at radius 3 is 2.40 bits per heavy atom. The Morgan fingerprint density at radius 2 is 2.00 bits per heavy atom. The van der Waals surface area contributed by atoms with E-state index in [-0.39, 0.29) is 0 Å². The molecule has 0 aromatic heterocycles. The van der Waals surface area contributed by atoms with Crippen LogP contribution in [0.2, 0.25) is 0 Å². The molecule has 0 aliphatic heterocycles. The lowest BCUT2D eigenvalue weighted by atomic mass is 9.98. The van der Waals surface area contributed by atoms with Gasteiger partial charge in [-0.2, -0.15) is 0 Å². The summed E-state index contributed by atoms with van der Waals surface area (Å²) in [5, 5.41) is 0. The molecule has 1 saturated carbocycles. The summed E-state index contributed by atoms with van der Waals surface area (Å²) >= 11 is 0. The van der Waals surface area contributed by atoms with E-state index in [1.54, 1.807) is 0 Å². The van der Waals surface area contributed by atoms with Gasteiger partial charge in [0, 0.05) is 0 Å². The molecule has 0 aromatic rings. The van der Waals surface area contributed by atoms with E-state index in [1.165, 1.54) is 31.3 Å². The quantitative estimate of drug-likeness (QED) is 0.511. The van der Waals surface area contributed by atoms with Crippen molar-refractivity contribution in [1.82, 2.24) is 0 Å². The molecule has 0 amide bonds. The fourth-order valence-corrected chi connectivity index (χ4v) is 1.78. The number of rotatable bonds is 2. The fraction of sp³-hybridized carbons (Fsp3) is 0.600. The highest BCUT2D eigenvalue weighted by Crippen LogP contribution is 2.31. The zero-order valence-corrected chi connectivity index (χ0v) is 6.77. The standard InChI is InChI=1S/C10H16/c1-3-9(4-2)10-7-5-6-8-10/h3-4,10H,1,5-8H2,2H3/b9-4+. The SMILES string of the molecule is C=C/C(=C\C)C1CCCC1. The average molecular weight is 136 g/mol. The zero-order valence-electron chi connectivity index (χ0n) is 6.77. The Labute approximate surface area is 63.6 Å². The Balaban J connectivity index is 2.53. The number of allylic oxidation sites excluding steroid dienone is 3. The summed E-state index contributed by atoms with van der Waals surface area (Å²) in [5.74, 6) is 0.836. The first kappa shape index (κ1) is 7.59. The molecule has 1 rings (SSSR count). The molecule has 0 heteroatoms. The summed E-state index contributed by atoms with van der Waals surface area (Å²) in [4.78, 5) is 0. The van der Waals surface area contributed by atoms with E-state index >= 15 is 0 Å². The number of hydrogen-bond acceptors (Lipinski definition) is 0. The zero-order chi connectivity index (χ0) is 7.40. The van der Waals surface area contributed by atoms with Gasteiger partial charge in [-0.3, -0.25) is 0 Å². The average Bonchev–Trinajstić information content (AvgIpc) is 2.43. The van der Waals surface area contributed by atoms with Crippen LogP contribution < -0.4 is 0 Å². The molecular weight excluding hydrogens is 120 g/mol. The third-order valence-corrected chi connectivity index (χ3v) is 2.40. The van der Waals surface area contributed by atoms with E-state index in [0.717, 1.165) is 5.92 Å². The highest BCUT2D eigenvalue weighted by Gasteiger charge is 2.16. The van der Waals surface area contributed by atoms with Gasteiger partial charge in [-0.15, -0.1) is 0 Å². The second-order valence-electron chi connectivity index (χ2n) is 2.97. The van der Waals surface area contributed by atoms with Gasteiger partial charge >= 0.3 is 0 Å². The van der Waals surface area contributed by atoms with Crippen LogP contribution in [-0.4, -0.2) is 0 Å². The van der Waals surface area contributed by atoms with Crippen LogP contribution in [-0.2, 0) is 0 Å². The first-order valence-electron chi connectivity index (χ1n) is 4.17. The van der Waals surface area contributed by atoms with Gasteiger partial charge in [0.15, 0.2) is 0 Å². The lowest BCUT2D eigenvalue weighted by Crippen LogP contribution is -1.94. The van der Waals surface area contributed by atoms with Crippen molar-refractivity contribution in [1.29, 1.82) is 0 Å². The molecule has 1 fully saturated rings. The second-order valence-corrected chi connectivity index (χ2v) is 2.97. The second kappa shape index (κ2) is 3.60. The Bertz CT molecular complexity index is 136. The summed E-state index contributed by atoms with van der Waals surface area (Å²) in [7, 11) is 0. The predicted molar refractivity (Wildman–Crippen MR) is 45.9 cm³/mol. The van der Waals surface area contributed by atoms with Crippen molar-refractivity contribution in [2.24, 2.45) is 5.92 Å². The predicted octanol–water partition coefficient (Wildman–Crippen LogP) is 3.31. The molecule has 0 radical (unpaired) electrons. The van der Waals surface area contributed by atoms with E-state index in [1.807, 2.05) is 6.08 Å². The first-order chi connectivity index (χ1) is 4.88. The molecule has 0 bridgehead atoms. The Hall–Kier alpha value is -0.520. The van der Waals surface area contributed by atoms with E-state index in [2.05, 4.69) is 19.6 Å². The Morgan fingerprint density at radius 1 is 1.40 bits per heavy atom. The van der Waals surface area contributed by atoms with Crippen molar-refractivity contribution in [3.05, 3.63) is 24.3 Å². The minimum atomic E-state index is 0.836. The van der Waals surface area contributed by atoms with Crippen molar-refractivity contribution in [3.8, 4) is 0 Å². The van der Waals surface area contributed by atoms with Crippen LogP contribution in [0.15, 0.2) is 24.3 Å². The van der Waals surface area contributed by atoms with Crippen LogP contribution in [0.1, 0.15) is 32.6 Å². The third-order valence-electron chi connectivity index (χ3n) is 2.40. The van der Waals surface area contributed by atoms with E-state index in [0.29, 0.717) is 0 Å². The molecule has 56 valence electrons. The van der Waals surface area contributed by atoms with Crippen molar-refractivity contribution in [3.63, 3.8) is 0 Å². The highest BCUT2D eigenvalue weighted by molar-refractivity contribution is 5.19. The number of hydrogen-bond donors (Lipinski definition) is 0. The lowest BCUT2D eigenvalue weighted by molar-refractivity contribution is 0.657. The van der Waals surface area contributed by atoms with Gasteiger partial charge in [0.2, 0.25) is 0 Å². The first-order valence-corrected chi connectivity index (χ1v) is 4.17. The molecule has 0 spiro atoms. The van der Waals surface area contributed by atoms with Gasteiger partial charge in [-0.25, -0.2) is 0 Å². The van der Waals surface area contributed by atoms with E-state index in [9.17, 15) is 0 Å². The van der Waals surface area contributed by atoms with Crippen molar-refractivity contribution >= 4 is 0 Å². The van der Waals surface area contributed by atoms with Gasteiger partial charge in [-0.05, 0) is 31.3 Å². The molecule has 0 N–H and O–H groups in total. The summed E-state index contributed by atoms with van der Waals surface area (Å²) in [5.41, 5.74) is 1.46. The minimum absolute atomic E-state index is 0.836. The molecular formula is C10H16. The van der Waals surface area contributed by atoms with Crippen LogP contribution in [0.3, 0.4) is 0 Å². The molecule has 1 aliphatic rings. The maximum absolute atomic E-state index is 3.81. The molecule has 1 aliphatic carbocycles. The van der Waals surface area contributed by atoms with Crippen molar-refractivity contribution in [2.75, 3.05) is 0 Å². The summed E-state index contributed by atoms with van der Waals surface area (Å²) in [6.45, 7) is 5.91. The molecule has 0 nitrogen and oxygen atoms in total. The minimum Gasteiger partial charge on any atom is -0.0988 e. The molecule has 0 unspecified atom stereocenters. The summed E-state index contributed by atoms with van der Waals surface area (Å²) in [6, 6.07) is 0. The van der Waals surface area contributed by atoms with Gasteiger partial charge in [-0.1, -0.05) is 31.6 Å². The highest BCUT2D eigenvalue weighted by atomic mass is 14.2. The Kier molecular flexibility index (Phi) is 2.73. The van der Waals surface area contributed by atoms with Crippen LogP contribution in [0.25, 0.3) is 0 Å². The lowest BCUT2D eigenvalue weighted by Gasteiger charge is -2.08. The molecule has 10 heavy (non-hydrogen) atoms. The van der Waals surface area contributed by atoms with Crippen LogP contribution in [0, 0.1) is 5.92 Å². The monoisotopic (exact) mass is 136 g/mol. The van der Waals surface area contributed by atoms with Crippen molar-refractivity contribution in [2.45, 2.75) is 32.6 Å². The largest absolute Gasteiger partial charge is 0.0988 e. The smallest absolute Gasteiger partial charge is 0.0165 e. The van der Waals surface area contributed by atoms with Crippen LogP contribution >= 0.6 is 0 Å².